The zero-order chi connectivity index (χ0) is 41.5. The van der Waals surface area contributed by atoms with Gasteiger partial charge in [-0.2, -0.15) is 0 Å². The first-order chi connectivity index (χ1) is 31.2. The van der Waals surface area contributed by atoms with Gasteiger partial charge in [0, 0.05) is 27.5 Å². The molecule has 1 aliphatic carbocycles. The van der Waals surface area contributed by atoms with Crippen LogP contribution in [0.4, 0.5) is 0 Å². The fourth-order valence-corrected chi connectivity index (χ4v) is 10.1. The second-order valence-electron chi connectivity index (χ2n) is 16.2. The Morgan fingerprint density at radius 2 is 0.873 bits per heavy atom. The maximum absolute atomic E-state index is 7.12. The molecule has 0 saturated carbocycles. The monoisotopic (exact) mass is 805 g/mol. The molecular formula is C58H35N3O2. The molecule has 0 unspecified atom stereocenters. The van der Waals surface area contributed by atoms with E-state index in [0.717, 1.165) is 83.5 Å². The Morgan fingerprint density at radius 1 is 0.333 bits per heavy atom. The highest BCUT2D eigenvalue weighted by atomic mass is 16.5. The molecule has 0 atom stereocenters. The summed E-state index contributed by atoms with van der Waals surface area (Å²) in [6.07, 6.45) is 0. The summed E-state index contributed by atoms with van der Waals surface area (Å²) in [7, 11) is 0. The number of hydrogen-bond donors (Lipinski definition) is 0. The number of furan rings is 1. The maximum atomic E-state index is 7.12. The van der Waals surface area contributed by atoms with Gasteiger partial charge in [0.2, 0.25) is 0 Å². The third-order valence-electron chi connectivity index (χ3n) is 12.8. The van der Waals surface area contributed by atoms with E-state index in [2.05, 4.69) is 170 Å². The fourth-order valence-electron chi connectivity index (χ4n) is 10.1. The van der Waals surface area contributed by atoms with Crippen LogP contribution in [0.25, 0.3) is 89.5 Å². The Morgan fingerprint density at radius 3 is 1.63 bits per heavy atom. The van der Waals surface area contributed by atoms with Crippen LogP contribution in [0, 0.1) is 0 Å². The number of rotatable bonds is 5. The predicted molar refractivity (Wildman–Crippen MR) is 252 cm³/mol. The summed E-state index contributed by atoms with van der Waals surface area (Å²) in [6.45, 7) is 0. The zero-order valence-electron chi connectivity index (χ0n) is 33.9. The molecular weight excluding hydrogens is 771 g/mol. The van der Waals surface area contributed by atoms with E-state index in [1.807, 2.05) is 42.5 Å². The summed E-state index contributed by atoms with van der Waals surface area (Å²) < 4.78 is 13.7. The standard InChI is InChI=1S/C58H35N3O2/c1-3-17-36(18-4-1)38-33-34-43(46(35-38)37-19-5-2-6-20-37)55-59-56(44-25-15-24-42-41-23-9-13-31-51(41)62-53(42)44)61-57(60-55)45-26-16-30-50-54(45)63-52-32-14-12-29-49(52)58(50)47-27-10-7-21-39(47)40-22-8-11-28-48(40)58/h1-35H. The Labute approximate surface area is 363 Å². The highest BCUT2D eigenvalue weighted by molar-refractivity contribution is 6.09. The molecule has 0 N–H and O–H groups in total. The molecule has 2 aliphatic rings. The Bertz CT molecular complexity index is 3570. The van der Waals surface area contributed by atoms with E-state index in [9.17, 15) is 0 Å². The number of aromatic nitrogens is 3. The molecule has 3 heterocycles. The van der Waals surface area contributed by atoms with Crippen molar-refractivity contribution in [2.75, 3.05) is 0 Å². The summed E-state index contributed by atoms with van der Waals surface area (Å²) in [4.78, 5) is 16.2. The highest BCUT2D eigenvalue weighted by Gasteiger charge is 2.51. The molecule has 9 aromatic carbocycles. The number of fused-ring (bicyclic) bond motifs is 12. The zero-order valence-corrected chi connectivity index (χ0v) is 33.9. The maximum Gasteiger partial charge on any atom is 0.167 e. The van der Waals surface area contributed by atoms with E-state index < -0.39 is 5.41 Å². The fraction of sp³-hybridized carbons (Fsp3) is 0.0172. The molecule has 5 nitrogen and oxygen atoms in total. The molecule has 5 heteroatoms. The quantitative estimate of drug-likeness (QED) is 0.173. The second-order valence-corrected chi connectivity index (χ2v) is 16.2. The van der Waals surface area contributed by atoms with E-state index in [1.165, 1.54) is 22.3 Å². The number of benzene rings is 9. The van der Waals surface area contributed by atoms with Gasteiger partial charge >= 0.3 is 0 Å². The van der Waals surface area contributed by atoms with Crippen LogP contribution < -0.4 is 4.74 Å². The van der Waals surface area contributed by atoms with Gasteiger partial charge in [0.1, 0.15) is 22.7 Å². The lowest BCUT2D eigenvalue weighted by Gasteiger charge is -2.39. The molecule has 294 valence electrons. The minimum absolute atomic E-state index is 0.500. The van der Waals surface area contributed by atoms with Crippen molar-refractivity contribution >= 4 is 21.9 Å². The van der Waals surface area contributed by atoms with Gasteiger partial charge in [-0.05, 0) is 80.9 Å². The van der Waals surface area contributed by atoms with E-state index >= 15 is 0 Å². The lowest BCUT2D eigenvalue weighted by molar-refractivity contribution is 0.437. The largest absolute Gasteiger partial charge is 0.456 e. The van der Waals surface area contributed by atoms with Gasteiger partial charge in [-0.1, -0.05) is 176 Å². The minimum atomic E-state index is -0.639. The Balaban J connectivity index is 1.10. The topological polar surface area (TPSA) is 61.0 Å². The lowest BCUT2D eigenvalue weighted by Crippen LogP contribution is -2.32. The van der Waals surface area contributed by atoms with Crippen molar-refractivity contribution in [3.05, 3.63) is 235 Å². The second kappa shape index (κ2) is 13.8. The van der Waals surface area contributed by atoms with Crippen molar-refractivity contribution in [3.8, 4) is 79.0 Å². The third-order valence-corrected chi connectivity index (χ3v) is 12.8. The SMILES string of the molecule is c1ccc(-c2ccc(-c3nc(-c4cccc5c4Oc4ccccc4C54c5ccccc5-c5ccccc54)nc(-c4cccc5c4oc4ccccc45)n3)c(-c3ccccc3)c2)cc1. The lowest BCUT2D eigenvalue weighted by atomic mass is 9.66. The van der Waals surface area contributed by atoms with Gasteiger partial charge in [-0.15, -0.1) is 0 Å². The van der Waals surface area contributed by atoms with Crippen molar-refractivity contribution < 1.29 is 9.15 Å². The number of nitrogens with zero attached hydrogens (tertiary/aromatic N) is 3. The van der Waals surface area contributed by atoms with Gasteiger partial charge in [0.15, 0.2) is 17.5 Å². The first kappa shape index (κ1) is 35.4. The summed E-state index contributed by atoms with van der Waals surface area (Å²) in [5.74, 6) is 3.07. The minimum Gasteiger partial charge on any atom is -0.456 e. The first-order valence-corrected chi connectivity index (χ1v) is 21.3. The van der Waals surface area contributed by atoms with Crippen molar-refractivity contribution in [2.45, 2.75) is 5.41 Å². The van der Waals surface area contributed by atoms with Gasteiger partial charge in [-0.3, -0.25) is 0 Å². The number of hydrogen-bond acceptors (Lipinski definition) is 5. The van der Waals surface area contributed by atoms with Crippen LogP contribution in [0.5, 0.6) is 11.5 Å². The predicted octanol–water partition coefficient (Wildman–Crippen LogP) is 14.6. The highest BCUT2D eigenvalue weighted by Crippen LogP contribution is 2.63. The summed E-state index contributed by atoms with van der Waals surface area (Å²) in [5, 5.41) is 2.04. The van der Waals surface area contributed by atoms with Crippen LogP contribution >= 0.6 is 0 Å². The normalized spacial score (nSPS) is 13.0. The molecule has 1 aliphatic heterocycles. The molecule has 0 radical (unpaired) electrons. The molecule has 0 amide bonds. The van der Waals surface area contributed by atoms with Crippen LogP contribution in [-0.4, -0.2) is 15.0 Å². The van der Waals surface area contributed by atoms with Crippen LogP contribution in [0.1, 0.15) is 22.3 Å². The summed E-state index contributed by atoms with van der Waals surface area (Å²) in [6, 6.07) is 74.2. The number of para-hydroxylation sites is 4. The summed E-state index contributed by atoms with van der Waals surface area (Å²) in [5.41, 5.74) is 14.7. The van der Waals surface area contributed by atoms with Gasteiger partial charge in [-0.25, -0.2) is 15.0 Å². The average Bonchev–Trinajstić information content (AvgIpc) is 3.88. The Kier molecular flexibility index (Phi) is 7.75. The molecule has 1 spiro atoms. The molecule has 13 rings (SSSR count). The molecule has 0 bridgehead atoms. The van der Waals surface area contributed by atoms with E-state index in [-0.39, 0.29) is 0 Å². The molecule has 0 fully saturated rings. The smallest absolute Gasteiger partial charge is 0.167 e. The van der Waals surface area contributed by atoms with Crippen LogP contribution in [0.15, 0.2) is 217 Å². The van der Waals surface area contributed by atoms with Crippen molar-refractivity contribution in [1.82, 2.24) is 15.0 Å². The number of ether oxygens (including phenoxy) is 1. The van der Waals surface area contributed by atoms with E-state index in [0.29, 0.717) is 17.5 Å². The Hall–Kier alpha value is -8.41. The van der Waals surface area contributed by atoms with Gasteiger partial charge < -0.3 is 9.15 Å². The van der Waals surface area contributed by atoms with Crippen LogP contribution in [-0.2, 0) is 5.41 Å². The first-order valence-electron chi connectivity index (χ1n) is 21.3. The van der Waals surface area contributed by atoms with E-state index in [4.69, 9.17) is 24.1 Å². The molecule has 2 aromatic heterocycles. The average molecular weight is 806 g/mol. The summed E-state index contributed by atoms with van der Waals surface area (Å²) >= 11 is 0. The van der Waals surface area contributed by atoms with Gasteiger partial charge in [0.05, 0.1) is 16.5 Å². The van der Waals surface area contributed by atoms with Crippen molar-refractivity contribution in [3.63, 3.8) is 0 Å². The molecule has 11 aromatic rings. The van der Waals surface area contributed by atoms with Crippen LogP contribution in [0.3, 0.4) is 0 Å². The third kappa shape index (κ3) is 5.27. The van der Waals surface area contributed by atoms with Gasteiger partial charge in [0.25, 0.3) is 0 Å². The molecule has 0 saturated heterocycles. The molecule has 63 heavy (non-hydrogen) atoms. The van der Waals surface area contributed by atoms with Crippen LogP contribution in [0.2, 0.25) is 0 Å². The van der Waals surface area contributed by atoms with Crippen molar-refractivity contribution in [2.24, 2.45) is 0 Å². The van der Waals surface area contributed by atoms with Crippen molar-refractivity contribution in [1.29, 1.82) is 0 Å². The van der Waals surface area contributed by atoms with E-state index in [1.54, 1.807) is 0 Å².